The van der Waals surface area contributed by atoms with E-state index in [1.165, 1.54) is 0 Å². The second-order valence-corrected chi connectivity index (χ2v) is 6.55. The lowest BCUT2D eigenvalue weighted by molar-refractivity contribution is 0.0398. The molecule has 0 spiro atoms. The Morgan fingerprint density at radius 3 is 2.92 bits per heavy atom. The van der Waals surface area contributed by atoms with Gasteiger partial charge in [-0.2, -0.15) is 0 Å². The highest BCUT2D eigenvalue weighted by atomic mass is 32.1. The lowest BCUT2D eigenvalue weighted by atomic mass is 10.2. The van der Waals surface area contributed by atoms with E-state index in [0.717, 1.165) is 78.5 Å². The molecule has 1 saturated heterocycles. The number of anilines is 1. The summed E-state index contributed by atoms with van der Waals surface area (Å²) < 4.78 is 8.21. The van der Waals surface area contributed by atoms with Gasteiger partial charge in [-0.05, 0) is 31.3 Å². The minimum absolute atomic E-state index is 0.739. The van der Waals surface area contributed by atoms with Crippen LogP contribution in [-0.2, 0) is 11.3 Å². The van der Waals surface area contributed by atoms with Gasteiger partial charge >= 0.3 is 0 Å². The first-order valence-corrected chi connectivity index (χ1v) is 9.08. The molecule has 2 aromatic heterocycles. The van der Waals surface area contributed by atoms with Crippen LogP contribution in [0.3, 0.4) is 0 Å². The minimum atomic E-state index is 0.739. The zero-order valence-electron chi connectivity index (χ0n) is 14.3. The van der Waals surface area contributed by atoms with E-state index in [0.29, 0.717) is 0 Å². The van der Waals surface area contributed by atoms with Gasteiger partial charge in [0, 0.05) is 38.1 Å². The van der Waals surface area contributed by atoms with Crippen molar-refractivity contribution in [3.05, 3.63) is 23.2 Å². The Labute approximate surface area is 151 Å². The molecule has 0 radical (unpaired) electrons. The zero-order chi connectivity index (χ0) is 17.2. The van der Waals surface area contributed by atoms with Gasteiger partial charge in [-0.3, -0.25) is 4.90 Å². The fourth-order valence-corrected chi connectivity index (χ4v) is 3.66. The summed E-state index contributed by atoms with van der Waals surface area (Å²) in [6.07, 6.45) is 1.61. The molecular formula is C17H22N6OS. The number of nitrogens with one attached hydrogen (secondary N) is 2. The molecule has 1 aromatic carbocycles. The number of imidazole rings is 1. The van der Waals surface area contributed by atoms with Crippen molar-refractivity contribution < 1.29 is 4.74 Å². The third-order valence-corrected chi connectivity index (χ3v) is 4.99. The van der Waals surface area contributed by atoms with Crippen LogP contribution in [0.25, 0.3) is 21.9 Å². The van der Waals surface area contributed by atoms with E-state index in [1.54, 1.807) is 6.33 Å². The van der Waals surface area contributed by atoms with E-state index >= 15 is 0 Å². The number of nitrogens with zero attached hydrogens (tertiary/aromatic N) is 4. The highest BCUT2D eigenvalue weighted by molar-refractivity contribution is 7.71. The summed E-state index contributed by atoms with van der Waals surface area (Å²) in [6.45, 7) is 8.37. The van der Waals surface area contributed by atoms with Crippen molar-refractivity contribution in [2.75, 3.05) is 44.7 Å². The number of benzene rings is 1. The molecule has 1 aliphatic rings. The summed E-state index contributed by atoms with van der Waals surface area (Å²) in [6, 6.07) is 4.17. The maximum atomic E-state index is 5.41. The van der Waals surface area contributed by atoms with Gasteiger partial charge in [0.25, 0.3) is 0 Å². The van der Waals surface area contributed by atoms with Gasteiger partial charge < -0.3 is 19.6 Å². The molecule has 0 amide bonds. The van der Waals surface area contributed by atoms with E-state index < -0.39 is 0 Å². The van der Waals surface area contributed by atoms with E-state index in [4.69, 9.17) is 17.0 Å². The molecule has 3 aromatic rings. The predicted octanol–water partition coefficient (Wildman–Crippen LogP) is 2.41. The van der Waals surface area contributed by atoms with Gasteiger partial charge in [0.1, 0.15) is 12.1 Å². The number of hydrogen-bond donors (Lipinski definition) is 2. The van der Waals surface area contributed by atoms with Gasteiger partial charge in [-0.1, -0.05) is 0 Å². The lowest BCUT2D eigenvalue weighted by Gasteiger charge is -2.26. The van der Waals surface area contributed by atoms with Crippen LogP contribution in [0.4, 0.5) is 5.82 Å². The Bertz CT molecular complexity index is 943. The van der Waals surface area contributed by atoms with E-state index in [9.17, 15) is 0 Å². The smallest absolute Gasteiger partial charge is 0.178 e. The fraction of sp³-hybridized carbons (Fsp3) is 0.471. The van der Waals surface area contributed by atoms with Crippen LogP contribution < -0.4 is 5.32 Å². The van der Waals surface area contributed by atoms with Crippen LogP contribution in [0, 0.1) is 4.77 Å². The fourth-order valence-electron chi connectivity index (χ4n) is 3.32. The molecule has 0 atom stereocenters. The Balaban J connectivity index is 1.60. The van der Waals surface area contributed by atoms with Crippen LogP contribution in [0.2, 0.25) is 0 Å². The maximum absolute atomic E-state index is 5.41. The van der Waals surface area contributed by atoms with Crippen LogP contribution in [0.15, 0.2) is 18.5 Å². The average molecular weight is 358 g/mol. The van der Waals surface area contributed by atoms with E-state index in [1.807, 2.05) is 0 Å². The SMILES string of the molecule is CCn1c(=S)[nH]c2cc3c(NCCN4CCOCC4)ncnc3cc21. The lowest BCUT2D eigenvalue weighted by Crippen LogP contribution is -2.39. The van der Waals surface area contributed by atoms with E-state index in [-0.39, 0.29) is 0 Å². The summed E-state index contributed by atoms with van der Waals surface area (Å²) >= 11 is 5.41. The van der Waals surface area contributed by atoms with Crippen LogP contribution >= 0.6 is 12.2 Å². The number of aromatic amines is 1. The molecule has 132 valence electrons. The summed E-state index contributed by atoms with van der Waals surface area (Å²) in [5.41, 5.74) is 3.02. The molecule has 2 N–H and O–H groups in total. The monoisotopic (exact) mass is 358 g/mol. The molecule has 1 aliphatic heterocycles. The van der Waals surface area contributed by atoms with E-state index in [2.05, 4.69) is 48.8 Å². The number of aromatic nitrogens is 4. The van der Waals surface area contributed by atoms with Gasteiger partial charge in [0.15, 0.2) is 4.77 Å². The molecule has 0 saturated carbocycles. The molecule has 7 nitrogen and oxygen atoms in total. The summed E-state index contributed by atoms with van der Waals surface area (Å²) in [5, 5.41) is 4.47. The van der Waals surface area contributed by atoms with Crippen molar-refractivity contribution in [2.24, 2.45) is 0 Å². The molecule has 0 aliphatic carbocycles. The zero-order valence-corrected chi connectivity index (χ0v) is 15.1. The van der Waals surface area contributed by atoms with Gasteiger partial charge in [0.05, 0.1) is 29.8 Å². The first kappa shape index (κ1) is 16.4. The number of hydrogen-bond acceptors (Lipinski definition) is 6. The number of aryl methyl sites for hydroxylation is 1. The van der Waals surface area contributed by atoms with Crippen LogP contribution in [0.1, 0.15) is 6.92 Å². The third-order valence-electron chi connectivity index (χ3n) is 4.67. The first-order valence-electron chi connectivity index (χ1n) is 8.67. The Morgan fingerprint density at radius 2 is 2.12 bits per heavy atom. The molecule has 4 rings (SSSR count). The number of fused-ring (bicyclic) bond motifs is 2. The Hall–Kier alpha value is -2.03. The summed E-state index contributed by atoms with van der Waals surface area (Å²) in [7, 11) is 0. The third kappa shape index (κ3) is 3.24. The molecule has 3 heterocycles. The van der Waals surface area contributed by atoms with Crippen LogP contribution in [-0.4, -0.2) is 63.8 Å². The second-order valence-electron chi connectivity index (χ2n) is 6.16. The Morgan fingerprint density at radius 1 is 1.28 bits per heavy atom. The van der Waals surface area contributed by atoms with Crippen molar-refractivity contribution in [1.29, 1.82) is 0 Å². The van der Waals surface area contributed by atoms with Crippen molar-refractivity contribution in [3.8, 4) is 0 Å². The Kier molecular flexibility index (Phi) is 4.65. The molecule has 25 heavy (non-hydrogen) atoms. The van der Waals surface area contributed by atoms with Crippen molar-refractivity contribution in [2.45, 2.75) is 13.5 Å². The number of rotatable bonds is 5. The highest BCUT2D eigenvalue weighted by Gasteiger charge is 2.12. The quantitative estimate of drug-likeness (QED) is 0.683. The summed E-state index contributed by atoms with van der Waals surface area (Å²) in [5.74, 6) is 0.865. The standard InChI is InChI=1S/C17H22N6OS/c1-2-23-15-10-13-12(9-14(15)21-17(23)25)16(20-11-19-13)18-3-4-22-5-7-24-8-6-22/h9-11H,2-8H2,1H3,(H,21,25)(H,18,19,20). The average Bonchev–Trinajstić information content (AvgIpc) is 2.95. The number of morpholine rings is 1. The predicted molar refractivity (Wildman–Crippen MR) is 102 cm³/mol. The molecule has 1 fully saturated rings. The first-order chi connectivity index (χ1) is 12.3. The second kappa shape index (κ2) is 7.07. The largest absolute Gasteiger partial charge is 0.379 e. The number of H-pyrrole nitrogens is 1. The van der Waals surface area contributed by atoms with Crippen molar-refractivity contribution in [1.82, 2.24) is 24.4 Å². The molecular weight excluding hydrogens is 336 g/mol. The van der Waals surface area contributed by atoms with Crippen LogP contribution in [0.5, 0.6) is 0 Å². The minimum Gasteiger partial charge on any atom is -0.379 e. The van der Waals surface area contributed by atoms with Gasteiger partial charge in [-0.15, -0.1) is 0 Å². The molecule has 0 bridgehead atoms. The summed E-state index contributed by atoms with van der Waals surface area (Å²) in [4.78, 5) is 14.5. The van der Waals surface area contributed by atoms with Gasteiger partial charge in [-0.25, -0.2) is 9.97 Å². The van der Waals surface area contributed by atoms with Gasteiger partial charge in [0.2, 0.25) is 0 Å². The normalized spacial score (nSPS) is 15.9. The highest BCUT2D eigenvalue weighted by Crippen LogP contribution is 2.25. The topological polar surface area (TPSA) is 71.0 Å². The van der Waals surface area contributed by atoms with Crippen molar-refractivity contribution in [3.63, 3.8) is 0 Å². The number of ether oxygens (including phenoxy) is 1. The molecule has 0 unspecified atom stereocenters. The maximum Gasteiger partial charge on any atom is 0.178 e. The van der Waals surface area contributed by atoms with Crippen molar-refractivity contribution >= 4 is 40.0 Å². The molecule has 8 heteroatoms.